The van der Waals surface area contributed by atoms with Gasteiger partial charge in [0.15, 0.2) is 0 Å². The van der Waals surface area contributed by atoms with Gasteiger partial charge in [-0.3, -0.25) is 9.69 Å². The van der Waals surface area contributed by atoms with Gasteiger partial charge in [-0.25, -0.2) is 13.5 Å². The molecule has 4 rings (SSSR count). The lowest BCUT2D eigenvalue weighted by Gasteiger charge is -2.39. The number of nitrogens with one attached hydrogen (secondary N) is 1. The fraction of sp³-hybridized carbons (Fsp3) is 0.643. The standard InChI is InChI=1S/C28H44N6O2S/c1-31(2)25-11-9-24(10-12-25)20-33-22-29-19-26(33)13-15-30-28(35)27-21-32(17-18-34(27)37(3)36)16-14-23-7-5-4-6-8-23/h9-12,19,22-23,27H,4-8,13-18,20-21H2,1-3H3,(H,30,35). The Hall–Kier alpha value is -2.23. The summed E-state index contributed by atoms with van der Waals surface area (Å²) in [6.07, 6.45) is 14.1. The van der Waals surface area contributed by atoms with Crippen LogP contribution >= 0.6 is 0 Å². The monoisotopic (exact) mass is 528 g/mol. The highest BCUT2D eigenvalue weighted by molar-refractivity contribution is 7.81. The van der Waals surface area contributed by atoms with Crippen LogP contribution in [0, 0.1) is 5.92 Å². The number of rotatable bonds is 11. The zero-order valence-corrected chi connectivity index (χ0v) is 23.6. The molecule has 2 aromatic rings. The first-order chi connectivity index (χ1) is 17.9. The fourth-order valence-electron chi connectivity index (χ4n) is 5.61. The maximum Gasteiger partial charge on any atom is 0.239 e. The van der Waals surface area contributed by atoms with Gasteiger partial charge in [-0.2, -0.15) is 0 Å². The van der Waals surface area contributed by atoms with Crippen molar-refractivity contribution in [3.8, 4) is 0 Å². The molecular weight excluding hydrogens is 484 g/mol. The van der Waals surface area contributed by atoms with Crippen LogP contribution in [0.2, 0.25) is 0 Å². The van der Waals surface area contributed by atoms with E-state index in [2.05, 4.69) is 48.9 Å². The number of imidazole rings is 1. The van der Waals surface area contributed by atoms with Crippen molar-refractivity contribution in [2.75, 3.05) is 58.0 Å². The summed E-state index contributed by atoms with van der Waals surface area (Å²) in [6.45, 7) is 4.52. The number of carbonyl (C=O) groups is 1. The minimum absolute atomic E-state index is 0.0251. The smallest absolute Gasteiger partial charge is 0.239 e. The molecule has 204 valence electrons. The lowest BCUT2D eigenvalue weighted by molar-refractivity contribution is -0.126. The van der Waals surface area contributed by atoms with E-state index in [9.17, 15) is 9.00 Å². The highest BCUT2D eigenvalue weighted by atomic mass is 32.2. The molecule has 2 atom stereocenters. The van der Waals surface area contributed by atoms with Gasteiger partial charge in [-0.1, -0.05) is 44.2 Å². The minimum atomic E-state index is -1.16. The average molecular weight is 529 g/mol. The van der Waals surface area contributed by atoms with Gasteiger partial charge >= 0.3 is 0 Å². The molecule has 1 aromatic heterocycles. The van der Waals surface area contributed by atoms with Crippen molar-refractivity contribution in [3.05, 3.63) is 48.0 Å². The molecule has 37 heavy (non-hydrogen) atoms. The Bertz CT molecular complexity index is 1020. The zero-order chi connectivity index (χ0) is 26.2. The second-order valence-electron chi connectivity index (χ2n) is 10.8. The highest BCUT2D eigenvalue weighted by Crippen LogP contribution is 2.27. The Morgan fingerprint density at radius 1 is 1.14 bits per heavy atom. The molecule has 2 fully saturated rings. The summed E-state index contributed by atoms with van der Waals surface area (Å²) in [6, 6.07) is 8.16. The SMILES string of the molecule is CN(C)c1ccc(Cn2cncc2CCNC(=O)C2CN(CCC3CCCCC3)CCN2S(C)=O)cc1. The van der Waals surface area contributed by atoms with Crippen LogP contribution in [0.5, 0.6) is 0 Å². The van der Waals surface area contributed by atoms with Crippen LogP contribution in [0.1, 0.15) is 49.8 Å². The average Bonchev–Trinajstić information content (AvgIpc) is 3.34. The van der Waals surface area contributed by atoms with Crippen molar-refractivity contribution in [1.29, 1.82) is 0 Å². The topological polar surface area (TPSA) is 73.7 Å². The van der Waals surface area contributed by atoms with Gasteiger partial charge in [-0.05, 0) is 36.6 Å². The number of piperazine rings is 1. The van der Waals surface area contributed by atoms with Crippen LogP contribution < -0.4 is 10.2 Å². The van der Waals surface area contributed by atoms with Gasteiger partial charge in [0, 0.05) is 77.1 Å². The van der Waals surface area contributed by atoms with E-state index in [1.165, 1.54) is 49.8 Å². The Kier molecular flexibility index (Phi) is 10.2. The van der Waals surface area contributed by atoms with E-state index in [-0.39, 0.29) is 11.9 Å². The Morgan fingerprint density at radius 3 is 2.59 bits per heavy atom. The van der Waals surface area contributed by atoms with Crippen LogP contribution in [0.15, 0.2) is 36.8 Å². The molecule has 1 saturated heterocycles. The van der Waals surface area contributed by atoms with Crippen molar-refractivity contribution in [1.82, 2.24) is 24.1 Å². The summed E-state index contributed by atoms with van der Waals surface area (Å²) in [5, 5.41) is 3.12. The van der Waals surface area contributed by atoms with Gasteiger partial charge < -0.3 is 14.8 Å². The third-order valence-electron chi connectivity index (χ3n) is 7.91. The van der Waals surface area contributed by atoms with E-state index in [4.69, 9.17) is 0 Å². The van der Waals surface area contributed by atoms with Crippen molar-refractivity contribution in [3.63, 3.8) is 0 Å². The van der Waals surface area contributed by atoms with Crippen molar-refractivity contribution in [2.24, 2.45) is 5.92 Å². The van der Waals surface area contributed by atoms with Gasteiger partial charge in [-0.15, -0.1) is 0 Å². The number of hydrogen-bond donors (Lipinski definition) is 1. The molecule has 9 heteroatoms. The minimum Gasteiger partial charge on any atom is -0.378 e. The summed E-state index contributed by atoms with van der Waals surface area (Å²) < 4.78 is 16.4. The molecule has 2 heterocycles. The van der Waals surface area contributed by atoms with Gasteiger partial charge in [0.25, 0.3) is 0 Å². The first kappa shape index (κ1) is 27.8. The second-order valence-corrected chi connectivity index (χ2v) is 12.1. The Balaban J connectivity index is 1.28. The quantitative estimate of drug-likeness (QED) is 0.486. The van der Waals surface area contributed by atoms with E-state index in [0.717, 1.165) is 31.2 Å². The van der Waals surface area contributed by atoms with Gasteiger partial charge in [0.05, 0.1) is 17.3 Å². The fourth-order valence-corrected chi connectivity index (χ4v) is 6.47. The summed E-state index contributed by atoms with van der Waals surface area (Å²) in [5.74, 6) is 0.804. The molecule has 1 amide bonds. The van der Waals surface area contributed by atoms with E-state index in [1.807, 2.05) is 30.9 Å². The molecule has 1 N–H and O–H groups in total. The lowest BCUT2D eigenvalue weighted by Crippen LogP contribution is -2.59. The predicted octanol–water partition coefficient (Wildman–Crippen LogP) is 2.91. The molecular formula is C28H44N6O2S. The molecule has 0 spiro atoms. The van der Waals surface area contributed by atoms with Crippen molar-refractivity contribution < 1.29 is 9.00 Å². The molecule has 8 nitrogen and oxygen atoms in total. The number of hydrogen-bond acceptors (Lipinski definition) is 5. The predicted molar refractivity (Wildman–Crippen MR) is 151 cm³/mol. The Labute approximate surface area is 225 Å². The van der Waals surface area contributed by atoms with E-state index in [0.29, 0.717) is 26.1 Å². The number of amides is 1. The van der Waals surface area contributed by atoms with E-state index >= 15 is 0 Å². The summed E-state index contributed by atoms with van der Waals surface area (Å²) >= 11 is 0. The van der Waals surface area contributed by atoms with Crippen molar-refractivity contribution >= 4 is 22.6 Å². The maximum absolute atomic E-state index is 13.2. The van der Waals surface area contributed by atoms with Gasteiger partial charge in [0.2, 0.25) is 5.91 Å². The van der Waals surface area contributed by atoms with Crippen LogP contribution in [0.3, 0.4) is 0 Å². The maximum atomic E-state index is 13.2. The van der Waals surface area contributed by atoms with Crippen LogP contribution in [-0.4, -0.2) is 88.0 Å². The Morgan fingerprint density at radius 2 is 1.89 bits per heavy atom. The number of benzene rings is 1. The molecule has 2 unspecified atom stereocenters. The van der Waals surface area contributed by atoms with Crippen LogP contribution in [-0.2, 0) is 28.7 Å². The summed E-state index contributed by atoms with van der Waals surface area (Å²) in [4.78, 5) is 22.0. The van der Waals surface area contributed by atoms with E-state index in [1.54, 1.807) is 6.26 Å². The molecule has 0 radical (unpaired) electrons. The highest BCUT2D eigenvalue weighted by Gasteiger charge is 2.34. The molecule has 1 aromatic carbocycles. The number of aromatic nitrogens is 2. The second kappa shape index (κ2) is 13.5. The van der Waals surface area contributed by atoms with Crippen LogP contribution in [0.25, 0.3) is 0 Å². The molecule has 1 aliphatic heterocycles. The third kappa shape index (κ3) is 7.88. The van der Waals surface area contributed by atoms with Crippen LogP contribution in [0.4, 0.5) is 5.69 Å². The number of carbonyl (C=O) groups excluding carboxylic acids is 1. The molecule has 2 aliphatic rings. The molecule has 0 bridgehead atoms. The molecule has 1 saturated carbocycles. The molecule has 1 aliphatic carbocycles. The van der Waals surface area contributed by atoms with E-state index < -0.39 is 11.0 Å². The third-order valence-corrected chi connectivity index (χ3v) is 9.01. The summed E-state index contributed by atoms with van der Waals surface area (Å²) in [5.41, 5.74) is 3.48. The first-order valence-electron chi connectivity index (χ1n) is 13.8. The lowest BCUT2D eigenvalue weighted by atomic mass is 9.87. The zero-order valence-electron chi connectivity index (χ0n) is 22.8. The summed E-state index contributed by atoms with van der Waals surface area (Å²) in [7, 11) is 2.91. The first-order valence-corrected chi connectivity index (χ1v) is 15.3. The van der Waals surface area contributed by atoms with Crippen molar-refractivity contribution in [2.45, 2.75) is 57.5 Å². The largest absolute Gasteiger partial charge is 0.378 e. The number of nitrogens with zero attached hydrogens (tertiary/aromatic N) is 5. The van der Waals surface area contributed by atoms with Gasteiger partial charge in [0.1, 0.15) is 6.04 Å². The normalized spacial score (nSPS) is 20.6. The number of anilines is 1.